The average Bonchev–Trinajstić information content (AvgIpc) is 2.30. The fraction of sp³-hybridized carbons (Fsp3) is 0.167. The minimum Gasteiger partial charge on any atom is -0.478 e. The van der Waals surface area contributed by atoms with E-state index in [1.165, 1.54) is 29.2 Å². The molecule has 0 saturated heterocycles. The van der Waals surface area contributed by atoms with E-state index in [-0.39, 0.29) is 18.1 Å². The van der Waals surface area contributed by atoms with E-state index in [0.717, 1.165) is 0 Å². The molecule has 0 atom stereocenters. The maximum absolute atomic E-state index is 11.5. The molecule has 0 spiro atoms. The summed E-state index contributed by atoms with van der Waals surface area (Å²) >= 11 is 0. The summed E-state index contributed by atoms with van der Waals surface area (Å²) < 4.78 is 0. The van der Waals surface area contributed by atoms with E-state index in [9.17, 15) is 9.59 Å². The van der Waals surface area contributed by atoms with E-state index in [2.05, 4.69) is 11.2 Å². The molecule has 0 aliphatic rings. The lowest BCUT2D eigenvalue weighted by Gasteiger charge is -2.14. The van der Waals surface area contributed by atoms with Crippen LogP contribution >= 0.6 is 0 Å². The molecule has 17 heavy (non-hydrogen) atoms. The summed E-state index contributed by atoms with van der Waals surface area (Å²) in [5.74, 6) is 1.34. The predicted molar refractivity (Wildman–Crippen MR) is 63.9 cm³/mol. The van der Waals surface area contributed by atoms with Gasteiger partial charge in [0.2, 0.25) is 0 Å². The lowest BCUT2D eigenvalue weighted by Crippen LogP contribution is -2.31. The van der Waals surface area contributed by atoms with Gasteiger partial charge in [0.25, 0.3) is 0 Å². The molecule has 0 fully saturated rings. The van der Waals surface area contributed by atoms with Crippen molar-refractivity contribution in [2.45, 2.75) is 0 Å². The molecule has 0 radical (unpaired) electrons. The van der Waals surface area contributed by atoms with Crippen molar-refractivity contribution in [1.29, 1.82) is 0 Å². The van der Waals surface area contributed by atoms with Gasteiger partial charge in [0.1, 0.15) is 0 Å². The molecule has 88 valence electrons. The number of benzene rings is 1. The van der Waals surface area contributed by atoms with Crippen molar-refractivity contribution in [1.82, 2.24) is 4.90 Å². The molecule has 0 aromatic heterocycles. The van der Waals surface area contributed by atoms with Crippen LogP contribution in [0.2, 0.25) is 0 Å². The summed E-state index contributed by atoms with van der Waals surface area (Å²) in [6, 6.07) is 5.53. The Morgan fingerprint density at radius 2 is 2.00 bits per heavy atom. The third-order valence-corrected chi connectivity index (χ3v) is 2.06. The normalized spacial score (nSPS) is 9.18. The Bertz CT molecular complexity index is 460. The smallest absolute Gasteiger partial charge is 0.335 e. The second-order valence-electron chi connectivity index (χ2n) is 3.37. The number of nitrogens with zero attached hydrogens (tertiary/aromatic N) is 1. The predicted octanol–water partition coefficient (Wildman–Crippen LogP) is 1.48. The molecule has 2 N–H and O–H groups in total. The van der Waals surface area contributed by atoms with E-state index in [4.69, 9.17) is 11.5 Å². The van der Waals surface area contributed by atoms with Gasteiger partial charge in [-0.15, -0.1) is 6.42 Å². The van der Waals surface area contributed by atoms with Crippen molar-refractivity contribution in [3.63, 3.8) is 0 Å². The molecule has 0 heterocycles. The molecular formula is C12H12N2O3. The van der Waals surface area contributed by atoms with Crippen molar-refractivity contribution in [3.8, 4) is 12.3 Å². The lowest BCUT2D eigenvalue weighted by molar-refractivity contribution is 0.0697. The third kappa shape index (κ3) is 3.54. The Morgan fingerprint density at radius 1 is 1.41 bits per heavy atom. The van der Waals surface area contributed by atoms with Crippen LogP contribution < -0.4 is 5.32 Å². The van der Waals surface area contributed by atoms with Crippen molar-refractivity contribution in [3.05, 3.63) is 29.8 Å². The van der Waals surface area contributed by atoms with Gasteiger partial charge in [-0.2, -0.15) is 0 Å². The van der Waals surface area contributed by atoms with Crippen molar-refractivity contribution < 1.29 is 14.7 Å². The highest BCUT2D eigenvalue weighted by Crippen LogP contribution is 2.10. The van der Waals surface area contributed by atoms with Crippen LogP contribution in [-0.4, -0.2) is 35.6 Å². The Morgan fingerprint density at radius 3 is 2.47 bits per heavy atom. The van der Waals surface area contributed by atoms with Gasteiger partial charge >= 0.3 is 12.0 Å². The van der Waals surface area contributed by atoms with E-state index >= 15 is 0 Å². The topological polar surface area (TPSA) is 69.6 Å². The van der Waals surface area contributed by atoms with Gasteiger partial charge in [0.05, 0.1) is 12.1 Å². The van der Waals surface area contributed by atoms with Crippen LogP contribution in [0.1, 0.15) is 10.4 Å². The molecule has 1 rings (SSSR count). The first-order valence-corrected chi connectivity index (χ1v) is 4.83. The Labute approximate surface area is 99.0 Å². The lowest BCUT2D eigenvalue weighted by atomic mass is 10.2. The van der Waals surface area contributed by atoms with Gasteiger partial charge in [-0.05, 0) is 24.3 Å². The summed E-state index contributed by atoms with van der Waals surface area (Å²) in [6.45, 7) is 0.207. The van der Waals surface area contributed by atoms with Gasteiger partial charge in [0, 0.05) is 12.7 Å². The third-order valence-electron chi connectivity index (χ3n) is 2.06. The molecule has 0 unspecified atom stereocenters. The second-order valence-corrected chi connectivity index (χ2v) is 3.37. The van der Waals surface area contributed by atoms with Crippen molar-refractivity contribution >= 4 is 17.7 Å². The molecule has 2 amide bonds. The van der Waals surface area contributed by atoms with Crippen LogP contribution in [0.5, 0.6) is 0 Å². The fourth-order valence-electron chi connectivity index (χ4n) is 1.12. The minimum absolute atomic E-state index is 0.167. The zero-order chi connectivity index (χ0) is 12.8. The quantitative estimate of drug-likeness (QED) is 0.775. The first-order chi connectivity index (χ1) is 8.04. The van der Waals surface area contributed by atoms with Crippen LogP contribution in [0.25, 0.3) is 0 Å². The summed E-state index contributed by atoms with van der Waals surface area (Å²) in [4.78, 5) is 23.5. The summed E-state index contributed by atoms with van der Waals surface area (Å²) in [6.07, 6.45) is 5.08. The summed E-state index contributed by atoms with van der Waals surface area (Å²) in [5, 5.41) is 11.3. The molecule has 5 nitrogen and oxygen atoms in total. The largest absolute Gasteiger partial charge is 0.478 e. The number of rotatable bonds is 3. The number of hydrogen-bond donors (Lipinski definition) is 2. The number of urea groups is 1. The number of carboxylic acid groups (broad SMARTS) is 1. The molecule has 1 aromatic carbocycles. The number of carboxylic acids is 1. The Hall–Kier alpha value is -2.48. The van der Waals surface area contributed by atoms with Crippen molar-refractivity contribution in [2.75, 3.05) is 18.9 Å². The first kappa shape index (κ1) is 12.6. The molecule has 0 aliphatic heterocycles. The first-order valence-electron chi connectivity index (χ1n) is 4.83. The van der Waals surface area contributed by atoms with Crippen LogP contribution in [0.4, 0.5) is 10.5 Å². The molecule has 1 aromatic rings. The van der Waals surface area contributed by atoms with Crippen LogP contribution in [-0.2, 0) is 0 Å². The molecule has 5 heteroatoms. The molecular weight excluding hydrogens is 220 g/mol. The van der Waals surface area contributed by atoms with Gasteiger partial charge in [-0.1, -0.05) is 5.92 Å². The number of amides is 2. The summed E-state index contributed by atoms with van der Waals surface area (Å²) in [7, 11) is 1.57. The molecule has 0 saturated carbocycles. The number of carbonyl (C=O) groups excluding carboxylic acids is 1. The summed E-state index contributed by atoms with van der Waals surface area (Å²) in [5.41, 5.74) is 0.684. The standard InChI is InChI=1S/C12H12N2O3/c1-3-8-14(2)12(17)13-10-6-4-9(5-7-10)11(15)16/h1,4-7H,8H2,2H3,(H,13,17)(H,15,16). The molecule has 0 aliphatic carbocycles. The van der Waals surface area contributed by atoms with Crippen LogP contribution in [0.15, 0.2) is 24.3 Å². The van der Waals surface area contributed by atoms with Crippen LogP contribution in [0.3, 0.4) is 0 Å². The van der Waals surface area contributed by atoms with E-state index < -0.39 is 5.97 Å². The van der Waals surface area contributed by atoms with E-state index in [0.29, 0.717) is 5.69 Å². The second kappa shape index (κ2) is 5.56. The number of nitrogens with one attached hydrogen (secondary N) is 1. The van der Waals surface area contributed by atoms with Gasteiger partial charge in [-0.3, -0.25) is 0 Å². The average molecular weight is 232 g/mol. The molecule has 0 bridgehead atoms. The van der Waals surface area contributed by atoms with E-state index in [1.54, 1.807) is 7.05 Å². The Kier molecular flexibility index (Phi) is 4.12. The highest BCUT2D eigenvalue weighted by molar-refractivity contribution is 5.91. The highest BCUT2D eigenvalue weighted by Gasteiger charge is 2.07. The monoisotopic (exact) mass is 232 g/mol. The number of terminal acetylenes is 1. The number of aromatic carboxylic acids is 1. The number of carbonyl (C=O) groups is 2. The maximum Gasteiger partial charge on any atom is 0.335 e. The zero-order valence-corrected chi connectivity index (χ0v) is 9.30. The highest BCUT2D eigenvalue weighted by atomic mass is 16.4. The Balaban J connectivity index is 2.67. The van der Waals surface area contributed by atoms with Gasteiger partial charge in [0.15, 0.2) is 0 Å². The van der Waals surface area contributed by atoms with Gasteiger partial charge < -0.3 is 15.3 Å². The van der Waals surface area contributed by atoms with Crippen molar-refractivity contribution in [2.24, 2.45) is 0 Å². The zero-order valence-electron chi connectivity index (χ0n) is 9.30. The number of anilines is 1. The number of hydrogen-bond acceptors (Lipinski definition) is 2. The van der Waals surface area contributed by atoms with E-state index in [1.807, 2.05) is 0 Å². The minimum atomic E-state index is -1.01. The fourth-order valence-corrected chi connectivity index (χ4v) is 1.12. The van der Waals surface area contributed by atoms with Gasteiger partial charge in [-0.25, -0.2) is 9.59 Å². The van der Waals surface area contributed by atoms with Crippen LogP contribution in [0, 0.1) is 12.3 Å². The SMILES string of the molecule is C#CCN(C)C(=O)Nc1ccc(C(=O)O)cc1. The maximum atomic E-state index is 11.5.